The molecule has 0 aromatic heterocycles. The summed E-state index contributed by atoms with van der Waals surface area (Å²) in [5, 5.41) is 3.86. The van der Waals surface area contributed by atoms with E-state index in [0.29, 0.717) is 5.56 Å². The number of sulfonamides is 1. The van der Waals surface area contributed by atoms with Crippen LogP contribution in [0.2, 0.25) is 5.02 Å². The topological polar surface area (TPSA) is 98.8 Å². The molecule has 0 heterocycles. The number of amides is 3. The molecular formula is C20H25ClN4O4S. The van der Waals surface area contributed by atoms with Gasteiger partial charge in [0.25, 0.3) is 5.91 Å². The third kappa shape index (κ3) is 5.50. The predicted molar refractivity (Wildman–Crippen MR) is 117 cm³/mol. The van der Waals surface area contributed by atoms with E-state index in [0.717, 1.165) is 4.31 Å². The Morgan fingerprint density at radius 3 is 2.13 bits per heavy atom. The molecule has 10 heteroatoms. The number of benzene rings is 2. The number of nitrogens with zero attached hydrogens (tertiary/aromatic N) is 2. The van der Waals surface area contributed by atoms with E-state index in [-0.39, 0.29) is 15.6 Å². The van der Waals surface area contributed by atoms with Gasteiger partial charge in [0.15, 0.2) is 0 Å². The third-order valence-corrected chi connectivity index (χ3v) is 6.21. The molecule has 2 rings (SSSR count). The lowest BCUT2D eigenvalue weighted by atomic mass is 10.1. The molecule has 0 saturated heterocycles. The van der Waals surface area contributed by atoms with E-state index >= 15 is 0 Å². The summed E-state index contributed by atoms with van der Waals surface area (Å²) in [6.45, 7) is 5.31. The molecule has 0 atom stereocenters. The quantitative estimate of drug-likeness (QED) is 0.692. The minimum Gasteiger partial charge on any atom is -0.305 e. The van der Waals surface area contributed by atoms with Gasteiger partial charge in [0.05, 0.1) is 21.1 Å². The molecule has 0 saturated carbocycles. The van der Waals surface area contributed by atoms with Crippen molar-refractivity contribution in [2.75, 3.05) is 19.4 Å². The van der Waals surface area contributed by atoms with Crippen LogP contribution in [0.25, 0.3) is 0 Å². The molecule has 0 bridgehead atoms. The molecule has 162 valence electrons. The van der Waals surface area contributed by atoms with Crippen molar-refractivity contribution in [1.82, 2.24) is 14.7 Å². The monoisotopic (exact) mass is 452 g/mol. The molecule has 3 amide bonds. The van der Waals surface area contributed by atoms with Gasteiger partial charge in [-0.25, -0.2) is 28.0 Å². The van der Waals surface area contributed by atoms with Gasteiger partial charge < -0.3 is 5.32 Å². The van der Waals surface area contributed by atoms with Crippen molar-refractivity contribution in [2.24, 2.45) is 0 Å². The molecule has 0 radical (unpaired) electrons. The summed E-state index contributed by atoms with van der Waals surface area (Å²) < 4.78 is 25.7. The number of anilines is 1. The lowest BCUT2D eigenvalue weighted by Gasteiger charge is -2.35. The molecule has 0 aliphatic heterocycles. The molecule has 0 spiro atoms. The highest BCUT2D eigenvalue weighted by atomic mass is 35.5. The fourth-order valence-electron chi connectivity index (χ4n) is 2.46. The molecule has 30 heavy (non-hydrogen) atoms. The number of halogens is 1. The number of urea groups is 1. The van der Waals surface area contributed by atoms with Crippen LogP contribution in [0.3, 0.4) is 0 Å². The van der Waals surface area contributed by atoms with E-state index in [9.17, 15) is 18.0 Å². The van der Waals surface area contributed by atoms with Gasteiger partial charge in [-0.05, 0) is 51.1 Å². The molecule has 0 aliphatic carbocycles. The van der Waals surface area contributed by atoms with E-state index in [4.69, 9.17) is 11.6 Å². The SMILES string of the molecule is CN(C)S(=O)(=O)c1ccc(Cl)c(NC(=O)NN(C(=O)c2ccccc2)C(C)(C)C)c1. The van der Waals surface area contributed by atoms with E-state index in [1.807, 2.05) is 0 Å². The Hall–Kier alpha value is -2.62. The largest absolute Gasteiger partial charge is 0.338 e. The van der Waals surface area contributed by atoms with Crippen molar-refractivity contribution in [1.29, 1.82) is 0 Å². The number of hydrazine groups is 1. The van der Waals surface area contributed by atoms with Crippen LogP contribution >= 0.6 is 11.6 Å². The van der Waals surface area contributed by atoms with Crippen LogP contribution in [0, 0.1) is 0 Å². The zero-order valence-electron chi connectivity index (χ0n) is 17.4. The normalized spacial score (nSPS) is 11.8. The van der Waals surface area contributed by atoms with Crippen LogP contribution < -0.4 is 10.7 Å². The van der Waals surface area contributed by atoms with Gasteiger partial charge in [-0.2, -0.15) is 0 Å². The lowest BCUT2D eigenvalue weighted by molar-refractivity contribution is 0.0460. The highest BCUT2D eigenvalue weighted by Gasteiger charge is 2.29. The minimum absolute atomic E-state index is 0.0276. The van der Waals surface area contributed by atoms with E-state index in [1.165, 1.54) is 37.3 Å². The summed E-state index contributed by atoms with van der Waals surface area (Å²) >= 11 is 6.12. The first kappa shape index (κ1) is 23.7. The average molecular weight is 453 g/mol. The Bertz CT molecular complexity index is 1030. The summed E-state index contributed by atoms with van der Waals surface area (Å²) in [6, 6.07) is 11.8. The molecule has 2 N–H and O–H groups in total. The van der Waals surface area contributed by atoms with Crippen LogP contribution in [-0.4, -0.2) is 49.3 Å². The zero-order chi connectivity index (χ0) is 22.7. The van der Waals surface area contributed by atoms with E-state index < -0.39 is 27.5 Å². The average Bonchev–Trinajstić information content (AvgIpc) is 2.67. The molecular weight excluding hydrogens is 428 g/mol. The predicted octanol–water partition coefficient (Wildman–Crippen LogP) is 3.57. The first-order chi connectivity index (χ1) is 13.8. The van der Waals surface area contributed by atoms with Crippen molar-refractivity contribution in [3.05, 3.63) is 59.1 Å². The maximum Gasteiger partial charge on any atom is 0.338 e. The van der Waals surface area contributed by atoms with Gasteiger partial charge >= 0.3 is 6.03 Å². The van der Waals surface area contributed by atoms with Gasteiger partial charge in [0, 0.05) is 19.7 Å². The highest BCUT2D eigenvalue weighted by molar-refractivity contribution is 7.89. The summed E-state index contributed by atoms with van der Waals surface area (Å²) in [4.78, 5) is 25.5. The van der Waals surface area contributed by atoms with Crippen molar-refractivity contribution in [3.63, 3.8) is 0 Å². The van der Waals surface area contributed by atoms with Gasteiger partial charge in [-0.15, -0.1) is 0 Å². The smallest absolute Gasteiger partial charge is 0.305 e. The van der Waals surface area contributed by atoms with Crippen LogP contribution in [0.1, 0.15) is 31.1 Å². The fraction of sp³-hybridized carbons (Fsp3) is 0.300. The minimum atomic E-state index is -3.71. The standard InChI is InChI=1S/C20H25ClN4O4S/c1-20(2,3)25(18(26)14-9-7-6-8-10-14)23-19(27)22-17-13-15(11-12-16(17)21)30(28,29)24(4)5/h6-13H,1-5H3,(H2,22,23,27). The van der Waals surface area contributed by atoms with Crippen molar-refractivity contribution in [2.45, 2.75) is 31.2 Å². The van der Waals surface area contributed by atoms with Crippen LogP contribution in [-0.2, 0) is 10.0 Å². The van der Waals surface area contributed by atoms with Gasteiger partial charge in [-0.3, -0.25) is 4.79 Å². The van der Waals surface area contributed by atoms with Crippen molar-refractivity contribution >= 4 is 39.2 Å². The second-order valence-corrected chi connectivity index (χ2v) is 10.2. The summed E-state index contributed by atoms with van der Waals surface area (Å²) in [5.74, 6) is -0.395. The summed E-state index contributed by atoms with van der Waals surface area (Å²) in [6.07, 6.45) is 0. The number of rotatable bonds is 4. The molecule has 2 aromatic carbocycles. The molecule has 8 nitrogen and oxygen atoms in total. The zero-order valence-corrected chi connectivity index (χ0v) is 19.0. The first-order valence-electron chi connectivity index (χ1n) is 9.03. The first-order valence-corrected chi connectivity index (χ1v) is 10.8. The number of hydrogen-bond acceptors (Lipinski definition) is 4. The van der Waals surface area contributed by atoms with Crippen LogP contribution in [0.15, 0.2) is 53.4 Å². The number of nitrogens with one attached hydrogen (secondary N) is 2. The van der Waals surface area contributed by atoms with Crippen LogP contribution in [0.4, 0.5) is 10.5 Å². The van der Waals surface area contributed by atoms with E-state index in [1.54, 1.807) is 51.1 Å². The molecule has 0 aliphatic rings. The Balaban J connectivity index is 2.27. The second kappa shape index (κ2) is 9.03. The summed E-state index contributed by atoms with van der Waals surface area (Å²) in [5.41, 5.74) is 2.30. The molecule has 0 fully saturated rings. The third-order valence-electron chi connectivity index (χ3n) is 4.07. The maximum atomic E-state index is 12.9. The number of hydrogen-bond donors (Lipinski definition) is 2. The Morgan fingerprint density at radius 2 is 1.60 bits per heavy atom. The van der Waals surface area contributed by atoms with Gasteiger partial charge in [0.1, 0.15) is 0 Å². The molecule has 2 aromatic rings. The fourth-order valence-corrected chi connectivity index (χ4v) is 3.55. The maximum absolute atomic E-state index is 12.9. The summed E-state index contributed by atoms with van der Waals surface area (Å²) in [7, 11) is -0.903. The van der Waals surface area contributed by atoms with E-state index in [2.05, 4.69) is 10.7 Å². The second-order valence-electron chi connectivity index (χ2n) is 7.67. The van der Waals surface area contributed by atoms with Crippen LogP contribution in [0.5, 0.6) is 0 Å². The Kier molecular flexibility index (Phi) is 7.12. The lowest BCUT2D eigenvalue weighted by Crippen LogP contribution is -2.56. The Labute approximate surface area is 181 Å². The highest BCUT2D eigenvalue weighted by Crippen LogP contribution is 2.26. The van der Waals surface area contributed by atoms with Crippen molar-refractivity contribution < 1.29 is 18.0 Å². The molecule has 0 unspecified atom stereocenters. The Morgan fingerprint density at radius 1 is 1.00 bits per heavy atom. The van der Waals surface area contributed by atoms with Crippen molar-refractivity contribution in [3.8, 4) is 0 Å². The number of carbonyl (C=O) groups excluding carboxylic acids is 2. The van der Waals surface area contributed by atoms with Gasteiger partial charge in [0.2, 0.25) is 10.0 Å². The number of carbonyl (C=O) groups is 2. The van der Waals surface area contributed by atoms with Gasteiger partial charge in [-0.1, -0.05) is 29.8 Å².